The lowest BCUT2D eigenvalue weighted by atomic mass is 10.2. The lowest BCUT2D eigenvalue weighted by molar-refractivity contribution is -0.120. The van der Waals surface area contributed by atoms with Crippen LogP contribution in [0.1, 0.15) is 23.2 Å². The Morgan fingerprint density at radius 3 is 2.55 bits per heavy atom. The smallest absolute Gasteiger partial charge is 0.251 e. The Morgan fingerprint density at radius 2 is 2.00 bits per heavy atom. The second-order valence-electron chi connectivity index (χ2n) is 4.70. The van der Waals surface area contributed by atoms with Crippen molar-refractivity contribution in [1.82, 2.24) is 10.6 Å². The van der Waals surface area contributed by atoms with Crippen molar-refractivity contribution in [2.24, 2.45) is 5.92 Å². The van der Waals surface area contributed by atoms with Crippen molar-refractivity contribution in [3.63, 3.8) is 0 Å². The molecule has 1 aliphatic rings. The molecule has 1 aromatic carbocycles. The summed E-state index contributed by atoms with van der Waals surface area (Å²) in [7, 11) is 0. The van der Waals surface area contributed by atoms with E-state index in [0.29, 0.717) is 5.56 Å². The van der Waals surface area contributed by atoms with Crippen LogP contribution in [0.25, 0.3) is 0 Å². The first-order chi connectivity index (χ1) is 9.60. The summed E-state index contributed by atoms with van der Waals surface area (Å²) < 4.78 is 0.882. The molecule has 1 saturated carbocycles. The number of carbonyl (C=O) groups excluding carboxylic acids is 2. The Kier molecular flexibility index (Phi) is 4.74. The second kappa shape index (κ2) is 6.53. The zero-order valence-electron chi connectivity index (χ0n) is 10.7. The molecule has 104 valence electrons. The van der Waals surface area contributed by atoms with Gasteiger partial charge in [0.25, 0.3) is 5.91 Å². The zero-order valence-corrected chi connectivity index (χ0v) is 12.3. The Hall–Kier alpha value is -1.87. The highest BCUT2D eigenvalue weighted by molar-refractivity contribution is 9.10. The number of carbonyl (C=O) groups is 2. The summed E-state index contributed by atoms with van der Waals surface area (Å²) in [6, 6.07) is 8.48. The molecule has 0 aromatic heterocycles. The van der Waals surface area contributed by atoms with Gasteiger partial charge in [0.05, 0.1) is 12.6 Å². The predicted octanol–water partition coefficient (Wildman–Crippen LogP) is 1.60. The van der Waals surface area contributed by atoms with E-state index in [2.05, 4.69) is 32.6 Å². The summed E-state index contributed by atoms with van der Waals surface area (Å²) in [4.78, 5) is 23.4. The van der Waals surface area contributed by atoms with E-state index < -0.39 is 6.04 Å². The number of nitrogens with zero attached hydrogens (tertiary/aromatic N) is 1. The highest BCUT2D eigenvalue weighted by atomic mass is 79.9. The highest BCUT2D eigenvalue weighted by Crippen LogP contribution is 2.32. The lowest BCUT2D eigenvalue weighted by Crippen LogP contribution is -2.42. The molecule has 5 nitrogen and oxygen atoms in total. The van der Waals surface area contributed by atoms with Crippen LogP contribution in [0.4, 0.5) is 0 Å². The minimum Gasteiger partial charge on any atom is -0.343 e. The number of benzene rings is 1. The van der Waals surface area contributed by atoms with Gasteiger partial charge >= 0.3 is 0 Å². The highest BCUT2D eigenvalue weighted by Gasteiger charge is 2.32. The van der Waals surface area contributed by atoms with E-state index in [1.54, 1.807) is 24.3 Å². The second-order valence-corrected chi connectivity index (χ2v) is 5.62. The Balaban J connectivity index is 1.79. The third kappa shape index (κ3) is 4.07. The first-order valence-electron chi connectivity index (χ1n) is 6.33. The maximum atomic E-state index is 11.8. The van der Waals surface area contributed by atoms with E-state index >= 15 is 0 Å². The fourth-order valence-electron chi connectivity index (χ4n) is 1.77. The van der Waals surface area contributed by atoms with Crippen LogP contribution in [0, 0.1) is 17.2 Å². The Labute approximate surface area is 125 Å². The number of halogens is 1. The molecule has 2 amide bonds. The van der Waals surface area contributed by atoms with Gasteiger partial charge in [0.1, 0.15) is 6.04 Å². The molecule has 1 atom stereocenters. The molecule has 0 spiro atoms. The number of hydrogen-bond donors (Lipinski definition) is 2. The molecule has 2 rings (SSSR count). The first-order valence-corrected chi connectivity index (χ1v) is 7.12. The van der Waals surface area contributed by atoms with Gasteiger partial charge in [-0.3, -0.25) is 9.59 Å². The van der Waals surface area contributed by atoms with Crippen LogP contribution in [0.5, 0.6) is 0 Å². The first kappa shape index (κ1) is 14.5. The van der Waals surface area contributed by atoms with Crippen molar-refractivity contribution in [1.29, 1.82) is 5.26 Å². The minimum atomic E-state index is -0.438. The average molecular weight is 336 g/mol. The van der Waals surface area contributed by atoms with Crippen LogP contribution in [0.3, 0.4) is 0 Å². The number of nitriles is 1. The lowest BCUT2D eigenvalue weighted by Gasteiger charge is -2.11. The van der Waals surface area contributed by atoms with Crippen LogP contribution >= 0.6 is 15.9 Å². The van der Waals surface area contributed by atoms with Crippen molar-refractivity contribution in [3.05, 3.63) is 34.3 Å². The molecule has 1 aromatic rings. The quantitative estimate of drug-likeness (QED) is 0.857. The number of amides is 2. The molecule has 6 heteroatoms. The fraction of sp³-hybridized carbons (Fsp3) is 0.357. The summed E-state index contributed by atoms with van der Waals surface area (Å²) in [6.45, 7) is -0.125. The molecule has 2 N–H and O–H groups in total. The molecule has 1 aliphatic carbocycles. The van der Waals surface area contributed by atoms with Crippen LogP contribution in [0.15, 0.2) is 28.7 Å². The van der Waals surface area contributed by atoms with E-state index in [1.807, 2.05) is 0 Å². The van der Waals surface area contributed by atoms with Gasteiger partial charge in [-0.1, -0.05) is 15.9 Å². The summed E-state index contributed by atoms with van der Waals surface area (Å²) >= 11 is 3.28. The van der Waals surface area contributed by atoms with Crippen molar-refractivity contribution < 1.29 is 9.59 Å². The molecule has 1 fully saturated rings. The van der Waals surface area contributed by atoms with Crippen molar-refractivity contribution >= 4 is 27.7 Å². The van der Waals surface area contributed by atoms with E-state index in [9.17, 15) is 9.59 Å². The van der Waals surface area contributed by atoms with Gasteiger partial charge < -0.3 is 10.6 Å². The van der Waals surface area contributed by atoms with E-state index in [1.165, 1.54) is 0 Å². The molecule has 0 aliphatic heterocycles. The normalized spacial score (nSPS) is 15.0. The van der Waals surface area contributed by atoms with Gasteiger partial charge in [0.2, 0.25) is 5.91 Å². The maximum Gasteiger partial charge on any atom is 0.251 e. The van der Waals surface area contributed by atoms with Crippen molar-refractivity contribution in [2.75, 3.05) is 6.54 Å². The van der Waals surface area contributed by atoms with Gasteiger partial charge in [-0.2, -0.15) is 5.26 Å². The number of nitrogens with one attached hydrogen (secondary N) is 2. The molecular formula is C14H14BrN3O2. The fourth-order valence-corrected chi connectivity index (χ4v) is 2.04. The molecule has 0 heterocycles. The third-order valence-corrected chi connectivity index (χ3v) is 3.59. The van der Waals surface area contributed by atoms with Gasteiger partial charge in [-0.05, 0) is 43.0 Å². The summed E-state index contributed by atoms with van der Waals surface area (Å²) in [5.74, 6) is -0.382. The van der Waals surface area contributed by atoms with Crippen LogP contribution in [-0.2, 0) is 4.79 Å². The maximum absolute atomic E-state index is 11.8. The van der Waals surface area contributed by atoms with Crippen LogP contribution in [-0.4, -0.2) is 24.4 Å². The topological polar surface area (TPSA) is 82.0 Å². The molecule has 0 saturated heterocycles. The van der Waals surface area contributed by atoms with Gasteiger partial charge in [-0.25, -0.2) is 0 Å². The van der Waals surface area contributed by atoms with Crippen molar-refractivity contribution in [3.8, 4) is 6.07 Å². The van der Waals surface area contributed by atoms with E-state index in [0.717, 1.165) is 17.3 Å². The molecule has 20 heavy (non-hydrogen) atoms. The molecule has 0 radical (unpaired) electrons. The Bertz CT molecular complexity index is 547. The van der Waals surface area contributed by atoms with Crippen LogP contribution < -0.4 is 10.6 Å². The predicted molar refractivity (Wildman–Crippen MR) is 76.7 cm³/mol. The summed E-state index contributed by atoms with van der Waals surface area (Å²) in [5.41, 5.74) is 0.486. The SMILES string of the molecule is N#C[C@@H](NC(=O)CNC(=O)c1ccc(Br)cc1)C1CC1. The third-order valence-electron chi connectivity index (χ3n) is 3.06. The van der Waals surface area contributed by atoms with E-state index in [4.69, 9.17) is 5.26 Å². The van der Waals surface area contributed by atoms with Gasteiger partial charge in [0, 0.05) is 10.0 Å². The summed E-state index contributed by atoms with van der Waals surface area (Å²) in [5, 5.41) is 14.1. The zero-order chi connectivity index (χ0) is 14.5. The van der Waals surface area contributed by atoms with Crippen LogP contribution in [0.2, 0.25) is 0 Å². The minimum absolute atomic E-state index is 0.125. The van der Waals surface area contributed by atoms with Gasteiger partial charge in [0.15, 0.2) is 0 Å². The molecule has 0 unspecified atom stereocenters. The summed E-state index contributed by atoms with van der Waals surface area (Å²) in [6.07, 6.45) is 1.95. The number of hydrogen-bond acceptors (Lipinski definition) is 3. The molecule has 0 bridgehead atoms. The molecular weight excluding hydrogens is 322 g/mol. The standard InChI is InChI=1S/C14H14BrN3O2/c15-11-5-3-10(4-6-11)14(20)17-8-13(19)18-12(7-16)9-1-2-9/h3-6,9,12H,1-2,8H2,(H,17,20)(H,18,19)/t12-/m1/s1. The average Bonchev–Trinajstić information content (AvgIpc) is 3.27. The van der Waals surface area contributed by atoms with Crippen molar-refractivity contribution in [2.45, 2.75) is 18.9 Å². The van der Waals surface area contributed by atoms with E-state index in [-0.39, 0.29) is 24.3 Å². The van der Waals surface area contributed by atoms with Gasteiger partial charge in [-0.15, -0.1) is 0 Å². The Morgan fingerprint density at radius 1 is 1.35 bits per heavy atom. The largest absolute Gasteiger partial charge is 0.343 e. The number of rotatable bonds is 5. The monoisotopic (exact) mass is 335 g/mol.